The Kier molecular flexibility index (Phi) is 7.08. The summed E-state index contributed by atoms with van der Waals surface area (Å²) >= 11 is 1.87. The number of rotatable bonds is 5. The first-order valence-electron chi connectivity index (χ1n) is 19.7. The number of hydrogen-bond acceptors (Lipinski definition) is 2. The van der Waals surface area contributed by atoms with Gasteiger partial charge in [-0.1, -0.05) is 170 Å². The highest BCUT2D eigenvalue weighted by Gasteiger charge is 2.51. The van der Waals surface area contributed by atoms with Gasteiger partial charge in [0.25, 0.3) is 0 Å². The molecule has 2 aliphatic carbocycles. The largest absolute Gasteiger partial charge is 0.310 e. The van der Waals surface area contributed by atoms with Crippen LogP contribution < -0.4 is 4.90 Å². The first kappa shape index (κ1) is 32.3. The molecule has 1 heterocycles. The van der Waals surface area contributed by atoms with Crippen molar-refractivity contribution in [3.63, 3.8) is 0 Å². The van der Waals surface area contributed by atoms with Crippen molar-refractivity contribution in [3.05, 3.63) is 235 Å². The second-order valence-corrected chi connectivity index (χ2v) is 16.2. The topological polar surface area (TPSA) is 3.24 Å². The Morgan fingerprint density at radius 2 is 0.895 bits per heavy atom. The Hall–Kier alpha value is -7.00. The minimum absolute atomic E-state index is 0.432. The first-order valence-corrected chi connectivity index (χ1v) is 20.5. The zero-order chi connectivity index (χ0) is 37.5. The van der Waals surface area contributed by atoms with Gasteiger partial charge in [0.2, 0.25) is 0 Å². The average molecular weight is 742 g/mol. The van der Waals surface area contributed by atoms with Gasteiger partial charge in [-0.15, -0.1) is 11.3 Å². The highest BCUT2D eigenvalue weighted by atomic mass is 32.1. The van der Waals surface area contributed by atoms with Gasteiger partial charge in [0.1, 0.15) is 0 Å². The zero-order valence-electron chi connectivity index (χ0n) is 31.1. The van der Waals surface area contributed by atoms with Gasteiger partial charge >= 0.3 is 0 Å². The molecular formula is C55H35NS. The van der Waals surface area contributed by atoms with E-state index in [1.807, 2.05) is 11.3 Å². The maximum Gasteiger partial charge on any atom is 0.0726 e. The molecule has 10 aromatic rings. The molecule has 0 aliphatic heterocycles. The lowest BCUT2D eigenvalue weighted by atomic mass is 9.70. The maximum atomic E-state index is 2.50. The molecule has 9 aromatic carbocycles. The molecule has 1 nitrogen and oxygen atoms in total. The van der Waals surface area contributed by atoms with Crippen LogP contribution in [0.3, 0.4) is 0 Å². The molecule has 0 N–H and O–H groups in total. The quantitative estimate of drug-likeness (QED) is 0.170. The van der Waals surface area contributed by atoms with Gasteiger partial charge < -0.3 is 4.90 Å². The van der Waals surface area contributed by atoms with Crippen molar-refractivity contribution in [2.75, 3.05) is 4.90 Å². The highest BCUT2D eigenvalue weighted by Crippen LogP contribution is 2.63. The summed E-state index contributed by atoms with van der Waals surface area (Å²) in [6.07, 6.45) is 0. The first-order chi connectivity index (χ1) is 28.3. The number of para-hydroxylation sites is 1. The van der Waals surface area contributed by atoms with Gasteiger partial charge in [-0.3, -0.25) is 0 Å². The molecule has 0 unspecified atom stereocenters. The summed E-state index contributed by atoms with van der Waals surface area (Å²) in [7, 11) is 0. The van der Waals surface area contributed by atoms with E-state index in [2.05, 4.69) is 217 Å². The van der Waals surface area contributed by atoms with Crippen molar-refractivity contribution < 1.29 is 0 Å². The van der Waals surface area contributed by atoms with Gasteiger partial charge in [-0.05, 0) is 104 Å². The van der Waals surface area contributed by atoms with Crippen molar-refractivity contribution in [1.29, 1.82) is 0 Å². The van der Waals surface area contributed by atoms with E-state index in [0.717, 1.165) is 17.1 Å². The molecule has 0 saturated carbocycles. The molecule has 2 heteroatoms. The van der Waals surface area contributed by atoms with Crippen molar-refractivity contribution in [2.45, 2.75) is 5.41 Å². The summed E-state index contributed by atoms with van der Waals surface area (Å²) in [6, 6.07) is 78.8. The second-order valence-electron chi connectivity index (χ2n) is 15.2. The van der Waals surface area contributed by atoms with E-state index < -0.39 is 5.41 Å². The van der Waals surface area contributed by atoms with Gasteiger partial charge in [-0.2, -0.15) is 0 Å². The lowest BCUT2D eigenvalue weighted by Gasteiger charge is -2.33. The fourth-order valence-corrected chi connectivity index (χ4v) is 11.1. The molecule has 0 amide bonds. The molecular weight excluding hydrogens is 707 g/mol. The van der Waals surface area contributed by atoms with Crippen molar-refractivity contribution in [2.24, 2.45) is 0 Å². The third-order valence-corrected chi connectivity index (χ3v) is 13.4. The predicted molar refractivity (Wildman–Crippen MR) is 241 cm³/mol. The normalized spacial score (nSPS) is 13.1. The van der Waals surface area contributed by atoms with Crippen LogP contribution in [-0.4, -0.2) is 0 Å². The molecule has 0 saturated heterocycles. The van der Waals surface area contributed by atoms with Gasteiger partial charge in [-0.25, -0.2) is 0 Å². The van der Waals surface area contributed by atoms with Crippen molar-refractivity contribution in [3.8, 4) is 44.5 Å². The predicted octanol–water partition coefficient (Wildman–Crippen LogP) is 15.2. The third kappa shape index (κ3) is 4.62. The van der Waals surface area contributed by atoms with Crippen molar-refractivity contribution in [1.82, 2.24) is 0 Å². The Morgan fingerprint density at radius 3 is 1.60 bits per heavy atom. The number of fused-ring (bicyclic) bond motifs is 13. The molecule has 1 aromatic heterocycles. The summed E-state index contributed by atoms with van der Waals surface area (Å²) in [5.74, 6) is 0. The van der Waals surface area contributed by atoms with Crippen LogP contribution in [0.5, 0.6) is 0 Å². The van der Waals surface area contributed by atoms with E-state index in [9.17, 15) is 0 Å². The van der Waals surface area contributed by atoms with Gasteiger partial charge in [0.15, 0.2) is 0 Å². The summed E-state index contributed by atoms with van der Waals surface area (Å²) in [4.78, 5) is 2.49. The molecule has 266 valence electrons. The Labute approximate surface area is 336 Å². The second kappa shape index (κ2) is 12.5. The van der Waals surface area contributed by atoms with Crippen molar-refractivity contribution >= 4 is 48.6 Å². The average Bonchev–Trinajstić information content (AvgIpc) is 3.91. The van der Waals surface area contributed by atoms with E-state index in [4.69, 9.17) is 0 Å². The number of anilines is 3. The minimum atomic E-state index is -0.432. The van der Waals surface area contributed by atoms with Crippen LogP contribution in [0.1, 0.15) is 22.3 Å². The molecule has 0 radical (unpaired) electrons. The molecule has 0 atom stereocenters. The van der Waals surface area contributed by atoms with Crippen LogP contribution in [0.25, 0.3) is 64.7 Å². The molecule has 0 bridgehead atoms. The van der Waals surface area contributed by atoms with Crippen LogP contribution >= 0.6 is 11.3 Å². The van der Waals surface area contributed by atoms with Crippen LogP contribution in [0, 0.1) is 0 Å². The fourth-order valence-electron chi connectivity index (χ4n) is 10.00. The van der Waals surface area contributed by atoms with E-state index in [1.165, 1.54) is 86.9 Å². The van der Waals surface area contributed by atoms with Crippen LogP contribution in [-0.2, 0) is 5.41 Å². The van der Waals surface area contributed by atoms with Crippen LogP contribution in [0.15, 0.2) is 212 Å². The SMILES string of the molecule is c1ccc(-c2cccc(N(c3ccccc3)c3ccc4c(c3)C3(c5ccccc5-c5ccccc53)c3ccccc3-4)c2-c2ccc3c(c2)sc2ccccc23)cc1. The summed E-state index contributed by atoms with van der Waals surface area (Å²) in [5, 5.41) is 2.62. The number of benzene rings is 9. The molecule has 12 rings (SSSR count). The maximum absolute atomic E-state index is 2.50. The summed E-state index contributed by atoms with van der Waals surface area (Å²) in [6.45, 7) is 0. The molecule has 57 heavy (non-hydrogen) atoms. The van der Waals surface area contributed by atoms with Crippen LogP contribution in [0.2, 0.25) is 0 Å². The Morgan fingerprint density at radius 1 is 0.333 bits per heavy atom. The number of nitrogens with zero attached hydrogens (tertiary/aromatic N) is 1. The van der Waals surface area contributed by atoms with E-state index >= 15 is 0 Å². The number of hydrogen-bond donors (Lipinski definition) is 0. The molecule has 2 aliphatic rings. The van der Waals surface area contributed by atoms with Gasteiger partial charge in [0.05, 0.1) is 11.1 Å². The lowest BCUT2D eigenvalue weighted by Crippen LogP contribution is -2.26. The fraction of sp³-hybridized carbons (Fsp3) is 0.0182. The molecule has 1 spiro atoms. The van der Waals surface area contributed by atoms with Crippen LogP contribution in [0.4, 0.5) is 17.1 Å². The number of thiophene rings is 1. The van der Waals surface area contributed by atoms with E-state index in [-0.39, 0.29) is 0 Å². The highest BCUT2D eigenvalue weighted by molar-refractivity contribution is 7.25. The summed E-state index contributed by atoms with van der Waals surface area (Å²) < 4.78 is 2.61. The standard InChI is InChI=1S/C55H35NS/c1-3-16-36(17-4-1)40-24-15-28-51(54(40)37-30-32-46-45-23-10-14-29-52(45)57-53(46)34-37)56(38-18-5-2-6-19-38)39-31-33-44-43-22-9-13-27-49(43)55(50(44)35-39)47-25-11-7-20-41(47)42-21-8-12-26-48(42)55/h1-35H. The zero-order valence-corrected chi connectivity index (χ0v) is 31.9. The summed E-state index contributed by atoms with van der Waals surface area (Å²) in [5.41, 5.74) is 18.4. The monoisotopic (exact) mass is 741 g/mol. The third-order valence-electron chi connectivity index (χ3n) is 12.3. The minimum Gasteiger partial charge on any atom is -0.310 e. The smallest absolute Gasteiger partial charge is 0.0726 e. The Bertz CT molecular complexity index is 3130. The Balaban J connectivity index is 1.15. The van der Waals surface area contributed by atoms with Gasteiger partial charge in [0, 0.05) is 37.1 Å². The molecule has 0 fully saturated rings. The van der Waals surface area contributed by atoms with E-state index in [0.29, 0.717) is 0 Å². The lowest BCUT2D eigenvalue weighted by molar-refractivity contribution is 0.793. The van der Waals surface area contributed by atoms with E-state index in [1.54, 1.807) is 0 Å².